The predicted octanol–water partition coefficient (Wildman–Crippen LogP) is 4.50. The summed E-state index contributed by atoms with van der Waals surface area (Å²) in [6, 6.07) is 22.3. The molecule has 2 N–H and O–H groups in total. The van der Waals surface area contributed by atoms with Gasteiger partial charge in [-0.05, 0) is 35.6 Å². The van der Waals surface area contributed by atoms with E-state index in [-0.39, 0.29) is 29.8 Å². The van der Waals surface area contributed by atoms with E-state index < -0.39 is 11.5 Å². The van der Waals surface area contributed by atoms with Crippen LogP contribution in [0, 0.1) is 5.41 Å². The lowest BCUT2D eigenvalue weighted by atomic mass is 9.85. The van der Waals surface area contributed by atoms with E-state index in [0.717, 1.165) is 28.5 Å². The second-order valence-electron chi connectivity index (χ2n) is 11.8. The maximum atomic E-state index is 13.8. The van der Waals surface area contributed by atoms with Crippen molar-refractivity contribution in [3.63, 3.8) is 0 Å². The molecular formula is C32H33N5O3. The van der Waals surface area contributed by atoms with Gasteiger partial charge >= 0.3 is 0 Å². The molecule has 40 heavy (non-hydrogen) atoms. The third kappa shape index (κ3) is 4.74. The number of nitrogens with zero attached hydrogens (tertiary/aromatic N) is 3. The zero-order chi connectivity index (χ0) is 28.0. The van der Waals surface area contributed by atoms with Crippen molar-refractivity contribution in [2.45, 2.75) is 45.3 Å². The molecule has 2 saturated heterocycles. The van der Waals surface area contributed by atoms with Crippen molar-refractivity contribution >= 4 is 28.6 Å². The molecule has 6 rings (SSSR count). The number of rotatable bonds is 5. The van der Waals surface area contributed by atoms with Crippen LogP contribution >= 0.6 is 0 Å². The molecular weight excluding hydrogens is 502 g/mol. The van der Waals surface area contributed by atoms with Crippen LogP contribution in [-0.4, -0.2) is 68.7 Å². The molecule has 8 heteroatoms. The lowest BCUT2D eigenvalue weighted by Crippen LogP contribution is -2.59. The highest BCUT2D eigenvalue weighted by Crippen LogP contribution is 2.34. The summed E-state index contributed by atoms with van der Waals surface area (Å²) in [4.78, 5) is 51.6. The molecule has 0 aliphatic carbocycles. The van der Waals surface area contributed by atoms with Crippen molar-refractivity contribution in [1.82, 2.24) is 25.1 Å². The summed E-state index contributed by atoms with van der Waals surface area (Å²) in [5.74, 6) is -0.531. The highest BCUT2D eigenvalue weighted by molar-refractivity contribution is 6.00. The monoisotopic (exact) mass is 535 g/mol. The van der Waals surface area contributed by atoms with Crippen LogP contribution in [-0.2, 0) is 4.79 Å². The number of pyridine rings is 1. The highest BCUT2D eigenvalue weighted by atomic mass is 16.2. The fourth-order valence-corrected chi connectivity index (χ4v) is 5.87. The molecule has 0 radical (unpaired) electrons. The average molecular weight is 536 g/mol. The number of benzene rings is 2. The minimum atomic E-state index is -0.706. The van der Waals surface area contributed by atoms with Crippen LogP contribution < -0.4 is 5.32 Å². The van der Waals surface area contributed by atoms with Gasteiger partial charge in [0.2, 0.25) is 5.91 Å². The number of hydrogen-bond acceptors (Lipinski definition) is 4. The van der Waals surface area contributed by atoms with Gasteiger partial charge in [-0.15, -0.1) is 0 Å². The maximum absolute atomic E-state index is 13.8. The molecule has 2 fully saturated rings. The summed E-state index contributed by atoms with van der Waals surface area (Å²) in [6.45, 7) is 6.78. The quantitative estimate of drug-likeness (QED) is 0.393. The number of piperazine rings is 1. The average Bonchev–Trinajstić information content (AvgIpc) is 3.69. The molecule has 8 nitrogen and oxygen atoms in total. The van der Waals surface area contributed by atoms with Crippen molar-refractivity contribution in [2.75, 3.05) is 13.1 Å². The van der Waals surface area contributed by atoms with E-state index in [1.165, 1.54) is 0 Å². The van der Waals surface area contributed by atoms with Gasteiger partial charge in [-0.25, -0.2) is 0 Å². The van der Waals surface area contributed by atoms with E-state index in [4.69, 9.17) is 0 Å². The predicted molar refractivity (Wildman–Crippen MR) is 154 cm³/mol. The van der Waals surface area contributed by atoms with Gasteiger partial charge in [0.05, 0.1) is 12.1 Å². The Hall–Kier alpha value is -4.46. The van der Waals surface area contributed by atoms with Crippen LogP contribution in [0.25, 0.3) is 22.0 Å². The first-order valence-corrected chi connectivity index (χ1v) is 13.7. The third-order valence-electron chi connectivity index (χ3n) is 8.04. The smallest absolute Gasteiger partial charge is 0.272 e. The van der Waals surface area contributed by atoms with Gasteiger partial charge in [0.25, 0.3) is 11.8 Å². The standard InChI is InChI=1S/C32H33N5O3/c1-32(2,3)28(35-29(38)27-15-21-11-7-8-12-25(21)34-27)31(40)37-19-23-16-24(37)18-36(23)30(39)26-14-13-22(17-33-26)20-9-5-4-6-10-20/h4-15,17,23-24,28,34H,16,18-19H2,1-3H3,(H,35,38)/t23-,24-,28-/m1/s1. The maximum Gasteiger partial charge on any atom is 0.272 e. The number of likely N-dealkylation sites (tertiary alicyclic amines) is 2. The van der Waals surface area contributed by atoms with Crippen molar-refractivity contribution in [3.05, 3.63) is 90.4 Å². The van der Waals surface area contributed by atoms with Gasteiger partial charge < -0.3 is 20.1 Å². The second-order valence-corrected chi connectivity index (χ2v) is 11.8. The van der Waals surface area contributed by atoms with E-state index in [0.29, 0.717) is 24.5 Å². The van der Waals surface area contributed by atoms with Gasteiger partial charge in [0.15, 0.2) is 0 Å². The van der Waals surface area contributed by atoms with Crippen LogP contribution in [0.3, 0.4) is 0 Å². The molecule has 204 valence electrons. The third-order valence-corrected chi connectivity index (χ3v) is 8.04. The van der Waals surface area contributed by atoms with Gasteiger partial charge in [0.1, 0.15) is 17.4 Å². The summed E-state index contributed by atoms with van der Waals surface area (Å²) in [5, 5.41) is 3.94. The second kappa shape index (κ2) is 9.93. The van der Waals surface area contributed by atoms with Crippen LogP contribution in [0.1, 0.15) is 48.2 Å². The van der Waals surface area contributed by atoms with Crippen molar-refractivity contribution in [1.29, 1.82) is 0 Å². The Balaban J connectivity index is 1.13. The van der Waals surface area contributed by atoms with Gasteiger partial charge in [-0.1, -0.05) is 75.4 Å². The molecule has 2 aliphatic rings. The molecule has 3 atom stereocenters. The summed E-state index contributed by atoms with van der Waals surface area (Å²) in [5.41, 5.74) is 3.21. The molecule has 0 spiro atoms. The molecule has 0 unspecified atom stereocenters. The topological polar surface area (TPSA) is 98.4 Å². The first-order valence-electron chi connectivity index (χ1n) is 13.7. The lowest BCUT2D eigenvalue weighted by molar-refractivity contribution is -0.138. The number of aromatic amines is 1. The molecule has 2 aliphatic heterocycles. The van der Waals surface area contributed by atoms with Crippen molar-refractivity contribution in [3.8, 4) is 11.1 Å². The van der Waals surface area contributed by atoms with E-state index in [1.807, 2.05) is 91.2 Å². The minimum absolute atomic E-state index is 0.0675. The van der Waals surface area contributed by atoms with Crippen molar-refractivity contribution in [2.24, 2.45) is 5.41 Å². The number of para-hydroxylation sites is 1. The Kier molecular flexibility index (Phi) is 6.41. The molecule has 3 amide bonds. The molecule has 4 heterocycles. The fraction of sp³-hybridized carbons (Fsp3) is 0.312. The number of carbonyl (C=O) groups excluding carboxylic acids is 3. The Morgan fingerprint density at radius 3 is 2.25 bits per heavy atom. The normalized spacial score (nSPS) is 19.2. The minimum Gasteiger partial charge on any atom is -0.351 e. The van der Waals surface area contributed by atoms with E-state index in [9.17, 15) is 14.4 Å². The number of hydrogen-bond donors (Lipinski definition) is 2. The number of carbonyl (C=O) groups is 3. The molecule has 2 aromatic carbocycles. The van der Waals surface area contributed by atoms with Gasteiger partial charge in [-0.3, -0.25) is 19.4 Å². The Bertz CT molecular complexity index is 1540. The number of fused-ring (bicyclic) bond motifs is 3. The van der Waals surface area contributed by atoms with Crippen LogP contribution in [0.2, 0.25) is 0 Å². The number of amides is 3. The first-order chi connectivity index (χ1) is 19.2. The molecule has 0 saturated carbocycles. The van der Waals surface area contributed by atoms with Gasteiger partial charge in [-0.2, -0.15) is 0 Å². The first kappa shape index (κ1) is 25.8. The molecule has 2 bridgehead atoms. The molecule has 2 aromatic heterocycles. The Morgan fingerprint density at radius 2 is 1.60 bits per heavy atom. The summed E-state index contributed by atoms with van der Waals surface area (Å²) < 4.78 is 0. The van der Waals surface area contributed by atoms with Crippen molar-refractivity contribution < 1.29 is 14.4 Å². The highest BCUT2D eigenvalue weighted by Gasteiger charge is 2.50. The number of aromatic nitrogens is 2. The zero-order valence-electron chi connectivity index (χ0n) is 22.9. The zero-order valence-corrected chi connectivity index (χ0v) is 22.9. The SMILES string of the molecule is CC(C)(C)[C@H](NC(=O)c1cc2ccccc2[nH]1)C(=O)N1C[C@H]2C[C@@H]1CN2C(=O)c1ccc(-c2ccccc2)cn1. The van der Waals surface area contributed by atoms with Gasteiger partial charge in [0, 0.05) is 35.8 Å². The Labute approximate surface area is 233 Å². The van der Waals surface area contributed by atoms with Crippen LogP contribution in [0.5, 0.6) is 0 Å². The number of nitrogens with one attached hydrogen (secondary N) is 2. The van der Waals surface area contributed by atoms with E-state index in [1.54, 1.807) is 18.3 Å². The molecule has 4 aromatic rings. The largest absolute Gasteiger partial charge is 0.351 e. The van der Waals surface area contributed by atoms with E-state index in [2.05, 4.69) is 15.3 Å². The van der Waals surface area contributed by atoms with E-state index >= 15 is 0 Å². The summed E-state index contributed by atoms with van der Waals surface area (Å²) in [7, 11) is 0. The summed E-state index contributed by atoms with van der Waals surface area (Å²) >= 11 is 0. The lowest BCUT2D eigenvalue weighted by Gasteiger charge is -2.39. The van der Waals surface area contributed by atoms with Crippen LogP contribution in [0.4, 0.5) is 0 Å². The number of H-pyrrole nitrogens is 1. The Morgan fingerprint density at radius 1 is 0.900 bits per heavy atom. The fourth-order valence-electron chi connectivity index (χ4n) is 5.87. The van der Waals surface area contributed by atoms with Crippen LogP contribution in [0.15, 0.2) is 79.0 Å². The summed E-state index contributed by atoms with van der Waals surface area (Å²) in [6.07, 6.45) is 2.46.